The van der Waals surface area contributed by atoms with Crippen LogP contribution >= 0.6 is 11.6 Å². The number of carbonyl (C=O) groups is 1. The van der Waals surface area contributed by atoms with Crippen LogP contribution in [-0.4, -0.2) is 39.9 Å². The largest absolute Gasteiger partial charge is 0.277 e. The number of hydrogen-bond acceptors (Lipinski definition) is 6. The number of rotatable bonds is 6. The molecular formula is C19H19ClN4O5S. The summed E-state index contributed by atoms with van der Waals surface area (Å²) in [7, 11) is -2.72. The lowest BCUT2D eigenvalue weighted by atomic mass is 10.0. The Kier molecular flexibility index (Phi) is 5.82. The van der Waals surface area contributed by atoms with E-state index < -0.39 is 20.9 Å². The molecule has 158 valence electrons. The Labute approximate surface area is 178 Å². The predicted octanol–water partition coefficient (Wildman–Crippen LogP) is 3.22. The van der Waals surface area contributed by atoms with Gasteiger partial charge in [-0.15, -0.1) is 0 Å². The average molecular weight is 451 g/mol. The van der Waals surface area contributed by atoms with Gasteiger partial charge in [-0.25, -0.2) is 12.7 Å². The van der Waals surface area contributed by atoms with Crippen molar-refractivity contribution < 1.29 is 18.1 Å². The van der Waals surface area contributed by atoms with Crippen LogP contribution in [0.4, 0.5) is 5.69 Å². The minimum absolute atomic E-state index is 0.0838. The predicted molar refractivity (Wildman–Crippen MR) is 112 cm³/mol. The fourth-order valence-electron chi connectivity index (χ4n) is 3.40. The summed E-state index contributed by atoms with van der Waals surface area (Å²) in [6, 6.07) is 9.41. The maximum atomic E-state index is 13.1. The first kappa shape index (κ1) is 21.7. The van der Waals surface area contributed by atoms with Crippen LogP contribution in [0.15, 0.2) is 41.3 Å². The van der Waals surface area contributed by atoms with E-state index in [4.69, 9.17) is 11.6 Å². The zero-order valence-electron chi connectivity index (χ0n) is 16.5. The number of likely N-dealkylation sites (N-methyl/N-ethyl adjacent to an activating group) is 1. The van der Waals surface area contributed by atoms with Crippen LogP contribution in [0.2, 0.25) is 5.15 Å². The van der Waals surface area contributed by atoms with Gasteiger partial charge in [0.05, 0.1) is 22.4 Å². The molecule has 1 aromatic heterocycles. The minimum atomic E-state index is -4.23. The zero-order chi connectivity index (χ0) is 22.2. The second kappa shape index (κ2) is 8.04. The molecule has 0 N–H and O–H groups in total. The van der Waals surface area contributed by atoms with Gasteiger partial charge in [-0.3, -0.25) is 19.6 Å². The van der Waals surface area contributed by atoms with E-state index in [1.54, 1.807) is 31.2 Å². The molecule has 0 radical (unpaired) electrons. The first-order chi connectivity index (χ1) is 14.1. The molecular weight excluding hydrogens is 432 g/mol. The number of amides is 1. The quantitative estimate of drug-likeness (QED) is 0.420. The summed E-state index contributed by atoms with van der Waals surface area (Å²) in [5, 5.41) is 16.1. The number of halogens is 1. The van der Waals surface area contributed by atoms with E-state index in [-0.39, 0.29) is 34.4 Å². The third-order valence-electron chi connectivity index (χ3n) is 4.74. The number of benzene rings is 2. The molecule has 2 aromatic carbocycles. The number of aryl methyl sites for hydroxylation is 2. The Hall–Kier alpha value is -2.98. The molecule has 0 saturated heterocycles. The van der Waals surface area contributed by atoms with Crippen molar-refractivity contribution in [3.05, 3.63) is 62.9 Å². The number of hydrogen-bond donors (Lipinski definition) is 0. The molecule has 0 atom stereocenters. The van der Waals surface area contributed by atoms with Gasteiger partial charge in [-0.2, -0.15) is 5.10 Å². The third-order valence-corrected chi connectivity index (χ3v) is 7.34. The molecule has 9 nitrogen and oxygen atoms in total. The Morgan fingerprint density at radius 1 is 1.23 bits per heavy atom. The van der Waals surface area contributed by atoms with Crippen molar-refractivity contribution in [3.63, 3.8) is 0 Å². The molecule has 1 heterocycles. The number of nitro groups is 1. The second-order valence-electron chi connectivity index (χ2n) is 6.62. The van der Waals surface area contributed by atoms with Crippen molar-refractivity contribution in [2.45, 2.75) is 25.2 Å². The molecule has 0 aliphatic heterocycles. The molecule has 11 heteroatoms. The maximum Gasteiger partial charge on any atom is 0.277 e. The SMILES string of the molecule is CCN(C(=O)Cc1ccc([N+](=O)[O-])c2ccccc12)S(=O)(=O)c1c(C)nn(C)c1Cl. The number of aromatic nitrogens is 2. The Bertz CT molecular complexity index is 1270. The van der Waals surface area contributed by atoms with Crippen LogP contribution in [0.1, 0.15) is 18.2 Å². The zero-order valence-corrected chi connectivity index (χ0v) is 18.1. The number of sulfonamides is 1. The summed E-state index contributed by atoms with van der Waals surface area (Å²) in [5.74, 6) is -0.671. The van der Waals surface area contributed by atoms with Gasteiger partial charge in [0, 0.05) is 19.7 Å². The molecule has 30 heavy (non-hydrogen) atoms. The molecule has 0 aliphatic rings. The Morgan fingerprint density at radius 3 is 2.40 bits per heavy atom. The number of nitro benzene ring substituents is 1. The normalized spacial score (nSPS) is 11.6. The highest BCUT2D eigenvalue weighted by molar-refractivity contribution is 7.89. The van der Waals surface area contributed by atoms with Gasteiger partial charge in [0.25, 0.3) is 15.7 Å². The van der Waals surface area contributed by atoms with Gasteiger partial charge in [0.15, 0.2) is 0 Å². The van der Waals surface area contributed by atoms with Crippen molar-refractivity contribution in [1.82, 2.24) is 14.1 Å². The lowest BCUT2D eigenvalue weighted by Gasteiger charge is -2.21. The van der Waals surface area contributed by atoms with Crippen LogP contribution in [0.25, 0.3) is 10.8 Å². The van der Waals surface area contributed by atoms with E-state index in [1.165, 1.54) is 30.8 Å². The van der Waals surface area contributed by atoms with Crippen molar-refractivity contribution >= 4 is 44.0 Å². The number of non-ortho nitro benzene ring substituents is 1. The Morgan fingerprint density at radius 2 is 1.87 bits per heavy atom. The molecule has 1 amide bonds. The number of nitrogens with zero attached hydrogens (tertiary/aromatic N) is 4. The van der Waals surface area contributed by atoms with E-state index in [0.29, 0.717) is 16.3 Å². The number of fused-ring (bicyclic) bond motifs is 1. The van der Waals surface area contributed by atoms with Gasteiger partial charge < -0.3 is 0 Å². The summed E-state index contributed by atoms with van der Waals surface area (Å²) < 4.78 is 28.2. The van der Waals surface area contributed by atoms with Crippen LogP contribution in [0.5, 0.6) is 0 Å². The summed E-state index contributed by atoms with van der Waals surface area (Å²) >= 11 is 6.11. The highest BCUT2D eigenvalue weighted by Crippen LogP contribution is 2.30. The van der Waals surface area contributed by atoms with Gasteiger partial charge >= 0.3 is 0 Å². The molecule has 0 aliphatic carbocycles. The monoisotopic (exact) mass is 450 g/mol. The summed E-state index contributed by atoms with van der Waals surface area (Å²) in [6.45, 7) is 2.95. The molecule has 0 fully saturated rings. The molecule has 0 saturated carbocycles. The van der Waals surface area contributed by atoms with E-state index in [2.05, 4.69) is 5.10 Å². The average Bonchev–Trinajstić information content (AvgIpc) is 2.94. The maximum absolute atomic E-state index is 13.1. The highest BCUT2D eigenvalue weighted by Gasteiger charge is 2.34. The summed E-state index contributed by atoms with van der Waals surface area (Å²) in [5.41, 5.74) is 0.595. The van der Waals surface area contributed by atoms with E-state index in [1.807, 2.05) is 0 Å². The lowest BCUT2D eigenvalue weighted by molar-refractivity contribution is -0.383. The third kappa shape index (κ3) is 3.63. The molecule has 3 rings (SSSR count). The first-order valence-corrected chi connectivity index (χ1v) is 10.8. The van der Waals surface area contributed by atoms with Crippen LogP contribution in [0, 0.1) is 17.0 Å². The second-order valence-corrected chi connectivity index (χ2v) is 8.77. The Balaban J connectivity index is 2.03. The van der Waals surface area contributed by atoms with Gasteiger partial charge in [-0.1, -0.05) is 35.9 Å². The number of carbonyl (C=O) groups excluding carboxylic acids is 1. The van der Waals surface area contributed by atoms with Crippen LogP contribution in [0.3, 0.4) is 0 Å². The fourth-order valence-corrected chi connectivity index (χ4v) is 5.52. The van der Waals surface area contributed by atoms with Crippen molar-refractivity contribution in [2.75, 3.05) is 6.54 Å². The fraction of sp³-hybridized carbons (Fsp3) is 0.263. The van der Waals surface area contributed by atoms with Gasteiger partial charge in [-0.05, 0) is 30.9 Å². The summed E-state index contributed by atoms with van der Waals surface area (Å²) in [4.78, 5) is 23.6. The van der Waals surface area contributed by atoms with Gasteiger partial charge in [0.2, 0.25) is 5.91 Å². The highest BCUT2D eigenvalue weighted by atomic mass is 35.5. The summed E-state index contributed by atoms with van der Waals surface area (Å²) in [6.07, 6.45) is -0.248. The van der Waals surface area contributed by atoms with Crippen LogP contribution < -0.4 is 0 Å². The van der Waals surface area contributed by atoms with E-state index >= 15 is 0 Å². The van der Waals surface area contributed by atoms with E-state index in [9.17, 15) is 23.3 Å². The first-order valence-electron chi connectivity index (χ1n) is 8.99. The van der Waals surface area contributed by atoms with Crippen molar-refractivity contribution in [2.24, 2.45) is 7.05 Å². The topological polar surface area (TPSA) is 115 Å². The van der Waals surface area contributed by atoms with Gasteiger partial charge in [0.1, 0.15) is 10.0 Å². The van der Waals surface area contributed by atoms with Crippen molar-refractivity contribution in [3.8, 4) is 0 Å². The standard InChI is InChI=1S/C19H19ClN4O5S/c1-4-23(30(28,29)18-12(2)21-22(3)19(18)20)17(25)11-13-9-10-16(24(26)27)15-8-6-5-7-14(13)15/h5-10H,4,11H2,1-3H3. The molecule has 3 aromatic rings. The molecule has 0 unspecified atom stereocenters. The lowest BCUT2D eigenvalue weighted by Crippen LogP contribution is -2.38. The molecule has 0 spiro atoms. The smallest absolute Gasteiger partial charge is 0.273 e. The van der Waals surface area contributed by atoms with Crippen LogP contribution in [-0.2, 0) is 28.3 Å². The molecule has 0 bridgehead atoms. The van der Waals surface area contributed by atoms with E-state index in [0.717, 1.165) is 4.31 Å². The minimum Gasteiger partial charge on any atom is -0.273 e. The van der Waals surface area contributed by atoms with Crippen molar-refractivity contribution in [1.29, 1.82) is 0 Å².